The van der Waals surface area contributed by atoms with Crippen molar-refractivity contribution in [2.24, 2.45) is 0 Å². The minimum absolute atomic E-state index is 0.0665. The van der Waals surface area contributed by atoms with Crippen molar-refractivity contribution in [3.8, 4) is 33.4 Å². The second-order valence-corrected chi connectivity index (χ2v) is 14.2. The molecular weight excluding hydrogens is 516 g/mol. The molecule has 212 valence electrons. The summed E-state index contributed by atoms with van der Waals surface area (Å²) in [6.07, 6.45) is 0. The molecule has 1 aliphatic carbocycles. The van der Waals surface area contributed by atoms with E-state index in [9.17, 15) is 0 Å². The molecule has 0 N–H and O–H groups in total. The lowest BCUT2D eigenvalue weighted by Crippen LogP contribution is -2.13. The van der Waals surface area contributed by atoms with Gasteiger partial charge in [0.15, 0.2) is 0 Å². The van der Waals surface area contributed by atoms with Crippen molar-refractivity contribution in [2.45, 2.75) is 58.3 Å². The summed E-state index contributed by atoms with van der Waals surface area (Å²) in [7, 11) is 0. The van der Waals surface area contributed by atoms with E-state index in [0.29, 0.717) is 0 Å². The Labute approximate surface area is 257 Å². The van der Waals surface area contributed by atoms with Crippen LogP contribution in [0.1, 0.15) is 75.3 Å². The molecule has 6 aromatic carbocycles. The average molecular weight is 557 g/mol. The molecule has 0 saturated heterocycles. The zero-order valence-corrected chi connectivity index (χ0v) is 26.2. The van der Waals surface area contributed by atoms with Crippen LogP contribution in [0, 0.1) is 0 Å². The first-order valence-electron chi connectivity index (χ1n) is 15.6. The second kappa shape index (κ2) is 10.1. The highest BCUT2D eigenvalue weighted by atomic mass is 14.3. The van der Waals surface area contributed by atoms with Gasteiger partial charge >= 0.3 is 0 Å². The van der Waals surface area contributed by atoms with Gasteiger partial charge < -0.3 is 0 Å². The fourth-order valence-electron chi connectivity index (χ4n) is 6.95. The van der Waals surface area contributed by atoms with E-state index in [4.69, 9.17) is 0 Å². The van der Waals surface area contributed by atoms with Crippen molar-refractivity contribution in [3.05, 3.63) is 155 Å². The minimum Gasteiger partial charge on any atom is -0.0622 e. The van der Waals surface area contributed by atoms with E-state index < -0.39 is 0 Å². The van der Waals surface area contributed by atoms with Crippen molar-refractivity contribution < 1.29 is 0 Å². The van der Waals surface area contributed by atoms with Gasteiger partial charge in [-0.15, -0.1) is 0 Å². The number of benzene rings is 6. The molecule has 0 bridgehead atoms. The van der Waals surface area contributed by atoms with Crippen LogP contribution in [-0.4, -0.2) is 0 Å². The lowest BCUT2D eigenvalue weighted by Gasteiger charge is -2.28. The molecule has 0 fully saturated rings. The van der Waals surface area contributed by atoms with Crippen molar-refractivity contribution in [1.29, 1.82) is 0 Å². The maximum atomic E-state index is 2.44. The van der Waals surface area contributed by atoms with Crippen LogP contribution in [0.5, 0.6) is 0 Å². The predicted octanol–water partition coefficient (Wildman–Crippen LogP) is 11.9. The molecule has 0 saturated carbocycles. The molecule has 0 atom stereocenters. The van der Waals surface area contributed by atoms with E-state index in [1.54, 1.807) is 0 Å². The van der Waals surface area contributed by atoms with Crippen LogP contribution in [0.2, 0.25) is 0 Å². The fraction of sp³-hybridized carbons (Fsp3) is 0.209. The number of rotatable bonds is 4. The third kappa shape index (κ3) is 4.70. The van der Waals surface area contributed by atoms with Crippen molar-refractivity contribution in [1.82, 2.24) is 0 Å². The summed E-state index contributed by atoms with van der Waals surface area (Å²) in [4.78, 5) is 0. The monoisotopic (exact) mass is 556 g/mol. The summed E-state index contributed by atoms with van der Waals surface area (Å²) in [5, 5.41) is 2.68. The van der Waals surface area contributed by atoms with Gasteiger partial charge in [-0.05, 0) is 88.9 Å². The Morgan fingerprint density at radius 3 is 1.51 bits per heavy atom. The van der Waals surface area contributed by atoms with E-state index in [1.807, 2.05) is 0 Å². The first kappa shape index (κ1) is 27.4. The molecule has 43 heavy (non-hydrogen) atoms. The lowest BCUT2D eigenvalue weighted by atomic mass is 9.75. The first-order valence-corrected chi connectivity index (χ1v) is 15.6. The number of hydrogen-bond donors (Lipinski definition) is 0. The van der Waals surface area contributed by atoms with Gasteiger partial charge in [-0.25, -0.2) is 0 Å². The standard InChI is InChI=1S/C43H40/c1-42(2,3)32-23-19-29(20-24-32)38(30-21-25-33(26-22-30)43(4,5)6)41-37(28-13-8-7-9-14-28)27-31-15-12-18-35-34-16-10-11-17-36(34)40(41)39(31)35/h7-27,38H,1-6H3. The van der Waals surface area contributed by atoms with Crippen LogP contribution in [0.4, 0.5) is 0 Å². The predicted molar refractivity (Wildman–Crippen MR) is 185 cm³/mol. The smallest absolute Gasteiger partial charge is 0.0352 e. The molecule has 0 spiro atoms. The Kier molecular flexibility index (Phi) is 6.44. The van der Waals surface area contributed by atoms with E-state index >= 15 is 0 Å². The van der Waals surface area contributed by atoms with Crippen molar-refractivity contribution in [2.75, 3.05) is 0 Å². The molecule has 6 aromatic rings. The maximum absolute atomic E-state index is 2.44. The molecule has 0 aliphatic heterocycles. The molecule has 0 heterocycles. The van der Waals surface area contributed by atoms with Gasteiger partial charge in [-0.1, -0.05) is 163 Å². The van der Waals surface area contributed by atoms with Crippen LogP contribution in [-0.2, 0) is 10.8 Å². The molecular formula is C43H40. The summed E-state index contributed by atoms with van der Waals surface area (Å²) in [6, 6.07) is 48.1. The molecule has 0 aromatic heterocycles. The Bertz CT molecular complexity index is 1880. The summed E-state index contributed by atoms with van der Waals surface area (Å²) < 4.78 is 0. The van der Waals surface area contributed by atoms with Gasteiger partial charge in [-0.2, -0.15) is 0 Å². The Balaban J connectivity index is 1.59. The Morgan fingerprint density at radius 1 is 0.442 bits per heavy atom. The van der Waals surface area contributed by atoms with Gasteiger partial charge in [0, 0.05) is 5.92 Å². The highest BCUT2D eigenvalue weighted by Gasteiger charge is 2.32. The van der Waals surface area contributed by atoms with Crippen LogP contribution in [0.3, 0.4) is 0 Å². The molecule has 0 unspecified atom stereocenters. The Hall–Kier alpha value is -4.42. The van der Waals surface area contributed by atoms with E-state index in [-0.39, 0.29) is 16.7 Å². The van der Waals surface area contributed by atoms with E-state index in [0.717, 1.165) is 0 Å². The first-order chi connectivity index (χ1) is 20.6. The lowest BCUT2D eigenvalue weighted by molar-refractivity contribution is 0.589. The molecule has 0 heteroatoms. The topological polar surface area (TPSA) is 0 Å². The van der Waals surface area contributed by atoms with Gasteiger partial charge in [0.1, 0.15) is 0 Å². The van der Waals surface area contributed by atoms with Crippen LogP contribution < -0.4 is 0 Å². The fourth-order valence-corrected chi connectivity index (χ4v) is 6.95. The van der Waals surface area contributed by atoms with Crippen LogP contribution >= 0.6 is 0 Å². The summed E-state index contributed by atoms with van der Waals surface area (Å²) in [5.74, 6) is 0.0665. The third-order valence-electron chi connectivity index (χ3n) is 9.29. The van der Waals surface area contributed by atoms with Gasteiger partial charge in [0.2, 0.25) is 0 Å². The van der Waals surface area contributed by atoms with Gasteiger partial charge in [0.05, 0.1) is 0 Å². The van der Waals surface area contributed by atoms with Crippen LogP contribution in [0.15, 0.2) is 127 Å². The third-order valence-corrected chi connectivity index (χ3v) is 9.29. The molecule has 7 rings (SSSR count). The number of fused-ring (bicyclic) bond motifs is 3. The van der Waals surface area contributed by atoms with Crippen molar-refractivity contribution >= 4 is 10.8 Å². The quantitative estimate of drug-likeness (QED) is 0.189. The molecule has 0 radical (unpaired) electrons. The zero-order valence-electron chi connectivity index (χ0n) is 26.2. The SMILES string of the molecule is CC(C)(C)c1ccc(C(c2ccc(C(C)(C)C)cc2)c2c(-c3ccccc3)cc3cccc4c3c2-c2ccccc2-4)cc1. The maximum Gasteiger partial charge on any atom is 0.0352 e. The summed E-state index contributed by atoms with van der Waals surface area (Å²) in [5.41, 5.74) is 14.9. The largest absolute Gasteiger partial charge is 0.0622 e. The molecule has 0 amide bonds. The van der Waals surface area contributed by atoms with Gasteiger partial charge in [0.25, 0.3) is 0 Å². The highest BCUT2D eigenvalue weighted by molar-refractivity contribution is 6.18. The van der Waals surface area contributed by atoms with E-state index in [2.05, 4.69) is 169 Å². The zero-order chi connectivity index (χ0) is 29.9. The number of hydrogen-bond acceptors (Lipinski definition) is 0. The second-order valence-electron chi connectivity index (χ2n) is 14.2. The normalized spacial score (nSPS) is 12.6. The molecule has 1 aliphatic rings. The average Bonchev–Trinajstić information content (AvgIpc) is 3.34. The molecule has 0 nitrogen and oxygen atoms in total. The summed E-state index contributed by atoms with van der Waals surface area (Å²) >= 11 is 0. The van der Waals surface area contributed by atoms with Gasteiger partial charge in [-0.3, -0.25) is 0 Å². The van der Waals surface area contributed by atoms with Crippen LogP contribution in [0.25, 0.3) is 44.2 Å². The Morgan fingerprint density at radius 2 is 0.953 bits per heavy atom. The summed E-state index contributed by atoms with van der Waals surface area (Å²) in [6.45, 7) is 13.8. The minimum atomic E-state index is 0.0665. The van der Waals surface area contributed by atoms with Crippen molar-refractivity contribution in [3.63, 3.8) is 0 Å². The highest BCUT2D eigenvalue weighted by Crippen LogP contribution is 2.54. The van der Waals surface area contributed by atoms with E-state index in [1.165, 1.54) is 72.0 Å².